The molecule has 0 spiro atoms. The summed E-state index contributed by atoms with van der Waals surface area (Å²) in [4.78, 5) is 30.1. The molecule has 0 aliphatic rings. The summed E-state index contributed by atoms with van der Waals surface area (Å²) < 4.78 is 28.7. The molecule has 0 saturated carbocycles. The number of hydrogen-bond acceptors (Lipinski definition) is 5. The minimum Gasteiger partial charge on any atom is -0.481 e. The molecule has 0 aliphatic heterocycles. The smallest absolute Gasteiger partial charge is 0.327 e. The third kappa shape index (κ3) is 18.2. The van der Waals surface area contributed by atoms with Crippen LogP contribution in [0.3, 0.4) is 0 Å². The first-order valence-electron chi connectivity index (χ1n) is 7.82. The molecule has 4 N–H and O–H groups in total. The second-order valence-corrected chi connectivity index (χ2v) is 6.84. The van der Waals surface area contributed by atoms with Gasteiger partial charge in [0.1, 0.15) is 0 Å². The lowest BCUT2D eigenvalue weighted by atomic mass is 10.1. The Balaban J connectivity index is 0. The van der Waals surface area contributed by atoms with E-state index in [9.17, 15) is 22.8 Å². The number of unbranched alkanes of at least 4 members (excludes halogenated alkanes) is 6. The molecule has 25 heavy (non-hydrogen) atoms. The highest BCUT2D eigenvalue weighted by atomic mass is 32.2. The molecule has 0 amide bonds. The third-order valence-electron chi connectivity index (χ3n) is 2.98. The van der Waals surface area contributed by atoms with Crippen LogP contribution in [0, 0.1) is 0 Å². The lowest BCUT2D eigenvalue weighted by Crippen LogP contribution is -2.31. The zero-order chi connectivity index (χ0) is 19.9. The van der Waals surface area contributed by atoms with Crippen LogP contribution in [0.25, 0.3) is 0 Å². The van der Waals surface area contributed by atoms with E-state index in [1.54, 1.807) is 6.08 Å². The lowest BCUT2D eigenvalue weighted by Gasteiger charge is -2.04. The van der Waals surface area contributed by atoms with Gasteiger partial charge in [0.05, 0.1) is 6.42 Å². The van der Waals surface area contributed by atoms with Crippen molar-refractivity contribution < 1.29 is 42.7 Å². The van der Waals surface area contributed by atoms with Crippen LogP contribution in [0.5, 0.6) is 0 Å². The highest BCUT2D eigenvalue weighted by Crippen LogP contribution is 2.07. The molecule has 10 heteroatoms. The van der Waals surface area contributed by atoms with Gasteiger partial charge in [-0.2, -0.15) is 8.42 Å². The molecule has 0 bridgehead atoms. The lowest BCUT2D eigenvalue weighted by molar-refractivity contribution is -0.143. The molecule has 0 heterocycles. The molecule has 0 aliphatic carbocycles. The summed E-state index contributed by atoms with van der Waals surface area (Å²) in [6, 6.07) is 0. The van der Waals surface area contributed by atoms with E-state index in [0.717, 1.165) is 12.8 Å². The molecule has 0 saturated heterocycles. The maximum atomic E-state index is 10.2. The number of rotatable bonds is 12. The van der Waals surface area contributed by atoms with Gasteiger partial charge in [-0.25, -0.2) is 4.79 Å². The Labute approximate surface area is 147 Å². The summed E-state index contributed by atoms with van der Waals surface area (Å²) in [7, 11) is -4.84. The van der Waals surface area contributed by atoms with Crippen molar-refractivity contribution in [2.75, 3.05) is 0 Å². The first-order chi connectivity index (χ1) is 11.5. The van der Waals surface area contributed by atoms with Gasteiger partial charge in [-0.3, -0.25) is 14.1 Å². The van der Waals surface area contributed by atoms with Crippen molar-refractivity contribution in [2.45, 2.75) is 63.5 Å². The van der Waals surface area contributed by atoms with Crippen LogP contribution in [-0.4, -0.2) is 51.4 Å². The van der Waals surface area contributed by atoms with Crippen molar-refractivity contribution in [1.82, 2.24) is 0 Å². The van der Waals surface area contributed by atoms with E-state index in [4.69, 9.17) is 19.9 Å². The van der Waals surface area contributed by atoms with E-state index in [-0.39, 0.29) is 0 Å². The van der Waals surface area contributed by atoms with Crippen LogP contribution in [0.4, 0.5) is 0 Å². The van der Waals surface area contributed by atoms with Crippen LogP contribution in [0.1, 0.15) is 58.3 Å². The summed E-state index contributed by atoms with van der Waals surface area (Å²) in [6.07, 6.45) is 10.3. The van der Waals surface area contributed by atoms with Crippen molar-refractivity contribution in [1.29, 1.82) is 0 Å². The monoisotopic (exact) mass is 382 g/mol. The zero-order valence-electron chi connectivity index (χ0n) is 14.1. The number of allylic oxidation sites excluding steroid dienone is 1. The van der Waals surface area contributed by atoms with Crippen molar-refractivity contribution in [3.8, 4) is 0 Å². The van der Waals surface area contributed by atoms with Gasteiger partial charge in [-0.15, -0.1) is 0 Å². The van der Waals surface area contributed by atoms with E-state index in [1.165, 1.54) is 38.2 Å². The number of hydrogen-bond donors (Lipinski definition) is 4. The summed E-state index contributed by atoms with van der Waals surface area (Å²) in [5, 5.41) is 22.2. The minimum atomic E-state index is -4.84. The fourth-order valence-electron chi connectivity index (χ4n) is 1.71. The van der Waals surface area contributed by atoms with Gasteiger partial charge in [0.15, 0.2) is 5.25 Å². The van der Waals surface area contributed by atoms with E-state index in [2.05, 4.69) is 6.92 Å². The number of aliphatic carboxylic acids is 3. The number of carboxylic acid groups (broad SMARTS) is 3. The summed E-state index contributed by atoms with van der Waals surface area (Å²) in [5.74, 6) is -4.34. The van der Waals surface area contributed by atoms with Gasteiger partial charge in [0, 0.05) is 6.08 Å². The quantitative estimate of drug-likeness (QED) is 0.225. The van der Waals surface area contributed by atoms with E-state index in [1.807, 2.05) is 0 Å². The Morgan fingerprint density at radius 2 is 1.48 bits per heavy atom. The fourth-order valence-corrected chi connectivity index (χ4v) is 2.31. The third-order valence-corrected chi connectivity index (χ3v) is 4.07. The van der Waals surface area contributed by atoms with Gasteiger partial charge < -0.3 is 15.3 Å². The maximum absolute atomic E-state index is 10.2. The van der Waals surface area contributed by atoms with Gasteiger partial charge >= 0.3 is 17.9 Å². The van der Waals surface area contributed by atoms with Crippen molar-refractivity contribution >= 4 is 28.0 Å². The predicted octanol–water partition coefficient (Wildman–Crippen LogP) is 2.18. The molecule has 0 rings (SSSR count). The van der Waals surface area contributed by atoms with Gasteiger partial charge in [-0.05, 0) is 12.8 Å². The van der Waals surface area contributed by atoms with Crippen LogP contribution in [0.2, 0.25) is 0 Å². The fraction of sp³-hybridized carbons (Fsp3) is 0.667. The molecule has 1 atom stereocenters. The van der Waals surface area contributed by atoms with E-state index >= 15 is 0 Å². The second kappa shape index (κ2) is 14.4. The number of carbonyl (C=O) groups is 3. The zero-order valence-corrected chi connectivity index (χ0v) is 14.9. The topological polar surface area (TPSA) is 166 Å². The minimum absolute atomic E-state index is 0.842. The Bertz CT molecular complexity index is 537. The molecule has 146 valence electrons. The van der Waals surface area contributed by atoms with Gasteiger partial charge in [0.25, 0.3) is 10.1 Å². The summed E-state index contributed by atoms with van der Waals surface area (Å²) >= 11 is 0. The normalized spacial score (nSPS) is 12.2. The van der Waals surface area contributed by atoms with Crippen molar-refractivity contribution in [2.24, 2.45) is 0 Å². The second-order valence-electron chi connectivity index (χ2n) is 5.24. The van der Waals surface area contributed by atoms with Crippen molar-refractivity contribution in [3.05, 3.63) is 12.2 Å². The van der Waals surface area contributed by atoms with Gasteiger partial charge in [0.2, 0.25) is 0 Å². The molecular formula is C15H26O9S. The molecular weight excluding hydrogens is 356 g/mol. The molecule has 0 aromatic carbocycles. The Hall–Kier alpha value is -1.94. The molecule has 1 unspecified atom stereocenters. The van der Waals surface area contributed by atoms with Crippen LogP contribution < -0.4 is 0 Å². The van der Waals surface area contributed by atoms with Crippen LogP contribution in [0.15, 0.2) is 12.2 Å². The Morgan fingerprint density at radius 1 is 0.960 bits per heavy atom. The van der Waals surface area contributed by atoms with Gasteiger partial charge in [-0.1, -0.05) is 45.1 Å². The van der Waals surface area contributed by atoms with Crippen LogP contribution >= 0.6 is 0 Å². The van der Waals surface area contributed by atoms with Crippen molar-refractivity contribution in [3.63, 3.8) is 0 Å². The maximum Gasteiger partial charge on any atom is 0.327 e. The first-order valence-corrected chi connectivity index (χ1v) is 9.33. The molecule has 0 fully saturated rings. The first kappa shape index (κ1) is 25.3. The number of carboxylic acids is 3. The SMILES string of the molecule is CCCCCCCCC=CC(=O)O.O=C(O)CC(C(=O)O)S(=O)(=O)O. The van der Waals surface area contributed by atoms with E-state index < -0.39 is 39.7 Å². The Morgan fingerprint density at radius 3 is 1.84 bits per heavy atom. The van der Waals surface area contributed by atoms with Crippen LogP contribution in [-0.2, 0) is 24.5 Å². The van der Waals surface area contributed by atoms with E-state index in [0.29, 0.717) is 0 Å². The highest BCUT2D eigenvalue weighted by Gasteiger charge is 2.33. The molecule has 0 aromatic heterocycles. The average Bonchev–Trinajstić information content (AvgIpc) is 2.46. The highest BCUT2D eigenvalue weighted by molar-refractivity contribution is 7.87. The predicted molar refractivity (Wildman–Crippen MR) is 90.0 cm³/mol. The largest absolute Gasteiger partial charge is 0.481 e. The summed E-state index contributed by atoms with van der Waals surface area (Å²) in [5.41, 5.74) is 0. The average molecular weight is 382 g/mol. The molecule has 9 nitrogen and oxygen atoms in total. The summed E-state index contributed by atoms with van der Waals surface area (Å²) in [6.45, 7) is 2.20. The standard InChI is InChI=1S/C11H20O2.C4H6O7S/c1-2-3-4-5-6-7-8-9-10-11(12)13;5-3(6)1-2(4(7)8)12(9,10)11/h9-10H,2-8H2,1H3,(H,12,13);2H,1H2,(H,5,6)(H,7,8)(H,9,10,11). The Kier molecular flexibility index (Phi) is 14.6. The molecule has 0 aromatic rings. The molecule has 0 radical (unpaired) electrons.